The van der Waals surface area contributed by atoms with Crippen LogP contribution < -0.4 is 14.8 Å². The van der Waals surface area contributed by atoms with E-state index in [1.165, 1.54) is 0 Å². The predicted molar refractivity (Wildman–Crippen MR) is 185 cm³/mol. The summed E-state index contributed by atoms with van der Waals surface area (Å²) < 4.78 is 17.8. The van der Waals surface area contributed by atoms with E-state index >= 15 is 0 Å². The van der Waals surface area contributed by atoms with Gasteiger partial charge >= 0.3 is 5.97 Å². The normalized spacial score (nSPS) is 26.1. The zero-order valence-corrected chi connectivity index (χ0v) is 29.5. The quantitative estimate of drug-likeness (QED) is 0.232. The first-order valence-corrected chi connectivity index (χ1v) is 18.0. The molecule has 1 aromatic carbocycles. The van der Waals surface area contributed by atoms with Crippen molar-refractivity contribution in [3.63, 3.8) is 0 Å². The van der Waals surface area contributed by atoms with E-state index in [1.807, 2.05) is 38.2 Å². The molecule has 2 fully saturated rings. The van der Waals surface area contributed by atoms with Gasteiger partial charge in [0.1, 0.15) is 33.8 Å². The van der Waals surface area contributed by atoms with Crippen molar-refractivity contribution in [3.8, 4) is 22.2 Å². The summed E-state index contributed by atoms with van der Waals surface area (Å²) in [6.45, 7) is 8.80. The lowest BCUT2D eigenvalue weighted by atomic mass is 9.93. The van der Waals surface area contributed by atoms with Gasteiger partial charge in [0.25, 0.3) is 0 Å². The van der Waals surface area contributed by atoms with Crippen LogP contribution in [0.15, 0.2) is 35.7 Å². The number of fused-ring (bicyclic) bond motifs is 3. The standard InChI is InChI=1S/C37H46N4O6S/c1-7-46-36(44)37-19-23(37)12-10-8-9-11-15-41(5)35(43)27-17-24(16-26(27)33(42)40-37)47-31-18-28(34-39-29(20-48-34)21(2)3)38-32-22(4)30(45-6)14-13-25(31)32/h10,12-14,18,20-21,23-24,26-27H,7-9,11,15-17,19H2,1-6H3,(H,40,42)/t23-,24-,26-,27-,37-/m1/s1. The molecule has 0 unspecified atom stereocenters. The molecule has 0 bridgehead atoms. The van der Waals surface area contributed by atoms with Crippen LogP contribution in [-0.4, -0.2) is 71.6 Å². The molecular weight excluding hydrogens is 628 g/mol. The fourth-order valence-electron chi connectivity index (χ4n) is 7.09. The van der Waals surface area contributed by atoms with Crippen LogP contribution in [0.5, 0.6) is 11.5 Å². The Morgan fingerprint density at radius 2 is 1.94 bits per heavy atom. The van der Waals surface area contributed by atoms with E-state index in [-0.39, 0.29) is 30.3 Å². The van der Waals surface area contributed by atoms with Crippen LogP contribution in [0.2, 0.25) is 0 Å². The van der Waals surface area contributed by atoms with Gasteiger partial charge < -0.3 is 24.4 Å². The van der Waals surface area contributed by atoms with Gasteiger partial charge in [-0.3, -0.25) is 9.59 Å². The number of amides is 2. The van der Waals surface area contributed by atoms with Crippen LogP contribution in [0.25, 0.3) is 21.6 Å². The summed E-state index contributed by atoms with van der Waals surface area (Å²) in [6, 6.07) is 5.76. The van der Waals surface area contributed by atoms with Crippen LogP contribution in [0.1, 0.15) is 76.5 Å². The number of methoxy groups -OCH3 is 1. The van der Waals surface area contributed by atoms with Crippen LogP contribution in [0, 0.1) is 24.7 Å². The number of nitrogens with one attached hydrogen (secondary N) is 1. The van der Waals surface area contributed by atoms with E-state index < -0.39 is 29.4 Å². The number of hydrogen-bond donors (Lipinski definition) is 1. The fourth-order valence-corrected chi connectivity index (χ4v) is 8.03. The van der Waals surface area contributed by atoms with Gasteiger partial charge in [-0.05, 0) is 70.4 Å². The Morgan fingerprint density at radius 3 is 2.67 bits per heavy atom. The van der Waals surface area contributed by atoms with Crippen molar-refractivity contribution in [1.82, 2.24) is 20.2 Å². The SMILES string of the molecule is CCOC(=O)[C@@]12C[C@H]1C=CCCCCN(C)C(=O)[C@@H]1C[C@H](Oc3cc(-c4nc(C(C)C)cs4)nc4c(C)c(OC)ccc34)C[C@H]1C(=O)N2. The first-order chi connectivity index (χ1) is 23.1. The number of pyridine rings is 1. The summed E-state index contributed by atoms with van der Waals surface area (Å²) in [5.41, 5.74) is 2.23. The molecule has 2 amide bonds. The van der Waals surface area contributed by atoms with Gasteiger partial charge in [-0.15, -0.1) is 11.3 Å². The zero-order chi connectivity index (χ0) is 34.2. The lowest BCUT2D eigenvalue weighted by Crippen LogP contribution is -2.50. The van der Waals surface area contributed by atoms with E-state index in [1.54, 1.807) is 30.3 Å². The topological polar surface area (TPSA) is 120 Å². The Hall–Kier alpha value is -3.99. The first-order valence-electron chi connectivity index (χ1n) is 17.1. The molecule has 2 aromatic heterocycles. The molecule has 3 aliphatic rings. The molecule has 0 spiro atoms. The molecule has 5 atom stereocenters. The number of esters is 1. The maximum Gasteiger partial charge on any atom is 0.332 e. The van der Waals surface area contributed by atoms with Gasteiger partial charge in [0.2, 0.25) is 11.8 Å². The third-order valence-corrected chi connectivity index (χ3v) is 10.9. The maximum atomic E-state index is 14.1. The number of aryl methyl sites for hydroxylation is 1. The monoisotopic (exact) mass is 674 g/mol. The minimum atomic E-state index is -1.10. The minimum Gasteiger partial charge on any atom is -0.496 e. The lowest BCUT2D eigenvalue weighted by Gasteiger charge is -2.26. The van der Waals surface area contributed by atoms with E-state index in [9.17, 15) is 14.4 Å². The fraction of sp³-hybridized carbons (Fsp3) is 0.541. The summed E-state index contributed by atoms with van der Waals surface area (Å²) in [7, 11) is 3.45. The highest BCUT2D eigenvalue weighted by Gasteiger charge is 2.62. The van der Waals surface area contributed by atoms with Crippen molar-refractivity contribution in [2.45, 2.75) is 83.8 Å². The van der Waals surface area contributed by atoms with Crippen molar-refractivity contribution in [2.24, 2.45) is 17.8 Å². The Balaban J connectivity index is 1.34. The first kappa shape index (κ1) is 33.9. The van der Waals surface area contributed by atoms with Gasteiger partial charge in [0.15, 0.2) is 0 Å². The number of allylic oxidation sites excluding steroid dienone is 1. The molecule has 0 saturated heterocycles. The highest BCUT2D eigenvalue weighted by molar-refractivity contribution is 7.13. The smallest absolute Gasteiger partial charge is 0.332 e. The summed E-state index contributed by atoms with van der Waals surface area (Å²) >= 11 is 1.54. The highest BCUT2D eigenvalue weighted by atomic mass is 32.1. The van der Waals surface area contributed by atoms with Crippen molar-refractivity contribution in [1.29, 1.82) is 0 Å². The highest BCUT2D eigenvalue weighted by Crippen LogP contribution is 2.47. The molecule has 3 heterocycles. The molecule has 2 aliphatic carbocycles. The molecule has 0 radical (unpaired) electrons. The number of carbonyl (C=O) groups excluding carboxylic acids is 3. The number of aromatic nitrogens is 2. The number of benzene rings is 1. The molecule has 6 rings (SSSR count). The molecule has 10 nitrogen and oxygen atoms in total. The average Bonchev–Trinajstić information content (AvgIpc) is 3.37. The summed E-state index contributed by atoms with van der Waals surface area (Å²) in [5, 5.41) is 6.73. The average molecular weight is 675 g/mol. The Bertz CT molecular complexity index is 1740. The molecule has 48 heavy (non-hydrogen) atoms. The van der Waals surface area contributed by atoms with Gasteiger partial charge in [-0.2, -0.15) is 0 Å². The Labute approximate surface area is 286 Å². The minimum absolute atomic E-state index is 0.0729. The third kappa shape index (κ3) is 6.53. The second-order valence-electron chi connectivity index (χ2n) is 13.6. The van der Waals surface area contributed by atoms with Crippen molar-refractivity contribution < 1.29 is 28.6 Å². The summed E-state index contributed by atoms with van der Waals surface area (Å²) in [4.78, 5) is 52.8. The number of nitrogens with zero attached hydrogens (tertiary/aromatic N) is 3. The molecule has 1 aliphatic heterocycles. The number of carbonyl (C=O) groups is 3. The van der Waals surface area contributed by atoms with Crippen molar-refractivity contribution in [3.05, 3.63) is 47.0 Å². The van der Waals surface area contributed by atoms with E-state index in [0.717, 1.165) is 52.2 Å². The van der Waals surface area contributed by atoms with E-state index in [0.29, 0.717) is 37.3 Å². The second-order valence-corrected chi connectivity index (χ2v) is 14.5. The Morgan fingerprint density at radius 1 is 1.15 bits per heavy atom. The number of hydrogen-bond acceptors (Lipinski definition) is 9. The number of rotatable bonds is 7. The van der Waals surface area contributed by atoms with Crippen LogP contribution in [-0.2, 0) is 19.1 Å². The maximum absolute atomic E-state index is 14.1. The molecular formula is C37H46N4O6S. The lowest BCUT2D eigenvalue weighted by molar-refractivity contribution is -0.150. The molecule has 256 valence electrons. The molecule has 3 aromatic rings. The largest absolute Gasteiger partial charge is 0.496 e. The van der Waals surface area contributed by atoms with Gasteiger partial charge in [-0.1, -0.05) is 26.0 Å². The van der Waals surface area contributed by atoms with Crippen LogP contribution >= 0.6 is 11.3 Å². The summed E-state index contributed by atoms with van der Waals surface area (Å²) in [6.07, 6.45) is 7.52. The van der Waals surface area contributed by atoms with E-state index in [4.69, 9.17) is 24.2 Å². The van der Waals surface area contributed by atoms with Gasteiger partial charge in [0, 0.05) is 41.9 Å². The summed E-state index contributed by atoms with van der Waals surface area (Å²) in [5.74, 6) is -0.551. The van der Waals surface area contributed by atoms with Crippen molar-refractivity contribution in [2.75, 3.05) is 27.3 Å². The molecule has 2 saturated carbocycles. The number of ether oxygens (including phenoxy) is 3. The Kier molecular flexibility index (Phi) is 9.79. The number of thiazole rings is 1. The van der Waals surface area contributed by atoms with Crippen molar-refractivity contribution >= 4 is 40.0 Å². The second kappa shape index (κ2) is 13.9. The molecule has 1 N–H and O–H groups in total. The van der Waals surface area contributed by atoms with E-state index in [2.05, 4.69) is 30.6 Å². The predicted octanol–water partition coefficient (Wildman–Crippen LogP) is 6.21. The van der Waals surface area contributed by atoms with Gasteiger partial charge in [-0.25, -0.2) is 14.8 Å². The van der Waals surface area contributed by atoms with Crippen LogP contribution in [0.4, 0.5) is 0 Å². The van der Waals surface area contributed by atoms with Gasteiger partial charge in [0.05, 0.1) is 36.8 Å². The van der Waals surface area contributed by atoms with Crippen LogP contribution in [0.3, 0.4) is 0 Å². The third-order valence-electron chi connectivity index (χ3n) is 10.0. The zero-order valence-electron chi connectivity index (χ0n) is 28.7. The molecule has 11 heteroatoms.